The minimum Gasteiger partial charge on any atom is -0.307 e. The molecular weight excluding hydrogens is 439 g/mol. The molecule has 1 spiro atoms. The molecule has 0 N–H and O–H groups in total. The lowest BCUT2D eigenvalue weighted by Gasteiger charge is -2.40. The Morgan fingerprint density at radius 1 is 0.971 bits per heavy atom. The SMILES string of the molecule is N#Cc1ccccc1CN1CCC2(CC1)CN(C(=O)c1ccc(F)cc1F)c1ccc(F)cc12. The first-order valence-electron chi connectivity index (χ1n) is 11.2. The molecule has 3 aromatic rings. The Morgan fingerprint density at radius 2 is 1.68 bits per heavy atom. The van der Waals surface area contributed by atoms with Crippen molar-refractivity contribution < 1.29 is 18.0 Å². The molecule has 0 aromatic heterocycles. The van der Waals surface area contributed by atoms with Crippen LogP contribution in [0.1, 0.15) is 39.9 Å². The summed E-state index contributed by atoms with van der Waals surface area (Å²) in [6.45, 7) is 2.37. The molecule has 0 unspecified atom stereocenters. The van der Waals surface area contributed by atoms with E-state index in [4.69, 9.17) is 0 Å². The van der Waals surface area contributed by atoms with Crippen LogP contribution in [-0.2, 0) is 12.0 Å². The van der Waals surface area contributed by atoms with Crippen LogP contribution in [0.25, 0.3) is 0 Å². The average Bonchev–Trinajstić information content (AvgIpc) is 3.14. The third kappa shape index (κ3) is 3.84. The fourth-order valence-corrected chi connectivity index (χ4v) is 5.21. The minimum absolute atomic E-state index is 0.209. The van der Waals surface area contributed by atoms with Crippen molar-refractivity contribution >= 4 is 11.6 Å². The second-order valence-corrected chi connectivity index (χ2v) is 9.00. The van der Waals surface area contributed by atoms with Crippen LogP contribution in [0.4, 0.5) is 18.9 Å². The maximum Gasteiger partial charge on any atom is 0.261 e. The third-order valence-corrected chi connectivity index (χ3v) is 7.03. The molecule has 5 rings (SSSR count). The fraction of sp³-hybridized carbons (Fsp3) is 0.259. The van der Waals surface area contributed by atoms with Gasteiger partial charge in [0.05, 0.1) is 17.2 Å². The van der Waals surface area contributed by atoms with Crippen LogP contribution < -0.4 is 4.90 Å². The molecule has 172 valence electrons. The van der Waals surface area contributed by atoms with Gasteiger partial charge in [-0.15, -0.1) is 0 Å². The zero-order valence-electron chi connectivity index (χ0n) is 18.4. The van der Waals surface area contributed by atoms with Crippen molar-refractivity contribution in [2.75, 3.05) is 24.5 Å². The van der Waals surface area contributed by atoms with E-state index in [0.717, 1.165) is 23.3 Å². The van der Waals surface area contributed by atoms with Gasteiger partial charge in [-0.1, -0.05) is 18.2 Å². The van der Waals surface area contributed by atoms with Gasteiger partial charge in [-0.05, 0) is 73.5 Å². The molecular formula is C27H22F3N3O. The van der Waals surface area contributed by atoms with Crippen molar-refractivity contribution in [2.45, 2.75) is 24.8 Å². The molecule has 3 aromatic carbocycles. The highest BCUT2D eigenvalue weighted by atomic mass is 19.1. The van der Waals surface area contributed by atoms with Gasteiger partial charge in [0, 0.05) is 30.3 Å². The summed E-state index contributed by atoms with van der Waals surface area (Å²) in [7, 11) is 0. The molecule has 2 heterocycles. The van der Waals surface area contributed by atoms with Crippen molar-refractivity contribution in [3.05, 3.63) is 100 Å². The van der Waals surface area contributed by atoms with Gasteiger partial charge in [0.15, 0.2) is 0 Å². The highest BCUT2D eigenvalue weighted by Crippen LogP contribution is 2.48. The van der Waals surface area contributed by atoms with Crippen LogP contribution in [-0.4, -0.2) is 30.4 Å². The van der Waals surface area contributed by atoms with E-state index in [0.29, 0.717) is 56.3 Å². The van der Waals surface area contributed by atoms with Crippen molar-refractivity contribution in [3.63, 3.8) is 0 Å². The van der Waals surface area contributed by atoms with Gasteiger partial charge >= 0.3 is 0 Å². The number of nitrogens with zero attached hydrogens (tertiary/aromatic N) is 3. The monoisotopic (exact) mass is 461 g/mol. The summed E-state index contributed by atoms with van der Waals surface area (Å²) in [6.07, 6.45) is 1.38. The number of hydrogen-bond donors (Lipinski definition) is 0. The van der Waals surface area contributed by atoms with Gasteiger partial charge in [-0.3, -0.25) is 9.69 Å². The highest BCUT2D eigenvalue weighted by Gasteiger charge is 2.47. The Kier molecular flexibility index (Phi) is 5.62. The number of carbonyl (C=O) groups is 1. The first kappa shape index (κ1) is 22.2. The number of rotatable bonds is 3. The molecule has 1 amide bonds. The Balaban J connectivity index is 1.40. The maximum absolute atomic E-state index is 14.4. The first-order chi connectivity index (χ1) is 16.4. The van der Waals surface area contributed by atoms with E-state index in [2.05, 4.69) is 11.0 Å². The van der Waals surface area contributed by atoms with E-state index in [1.54, 1.807) is 12.1 Å². The van der Waals surface area contributed by atoms with Gasteiger partial charge in [0.1, 0.15) is 17.5 Å². The molecule has 2 aliphatic heterocycles. The van der Waals surface area contributed by atoms with E-state index in [-0.39, 0.29) is 11.4 Å². The predicted octanol–water partition coefficient (Wildman–Crippen LogP) is 5.17. The van der Waals surface area contributed by atoms with Gasteiger partial charge < -0.3 is 4.90 Å². The number of nitriles is 1. The number of carbonyl (C=O) groups excluding carboxylic acids is 1. The van der Waals surface area contributed by atoms with E-state index >= 15 is 0 Å². The van der Waals surface area contributed by atoms with E-state index in [1.165, 1.54) is 17.0 Å². The summed E-state index contributed by atoms with van der Waals surface area (Å²) in [5, 5.41) is 9.37. The summed E-state index contributed by atoms with van der Waals surface area (Å²) in [5.41, 5.74) is 2.27. The van der Waals surface area contributed by atoms with Crippen LogP contribution in [0.2, 0.25) is 0 Å². The van der Waals surface area contributed by atoms with Crippen molar-refractivity contribution in [3.8, 4) is 6.07 Å². The third-order valence-electron chi connectivity index (χ3n) is 7.03. The fourth-order valence-electron chi connectivity index (χ4n) is 5.21. The molecule has 34 heavy (non-hydrogen) atoms. The zero-order chi connectivity index (χ0) is 23.9. The summed E-state index contributed by atoms with van der Waals surface area (Å²) < 4.78 is 42.0. The molecule has 1 saturated heterocycles. The van der Waals surface area contributed by atoms with Crippen LogP contribution in [0.3, 0.4) is 0 Å². The number of fused-ring (bicyclic) bond motifs is 2. The van der Waals surface area contributed by atoms with Crippen molar-refractivity contribution in [1.82, 2.24) is 4.90 Å². The smallest absolute Gasteiger partial charge is 0.261 e. The Morgan fingerprint density at radius 3 is 2.41 bits per heavy atom. The molecule has 0 bridgehead atoms. The number of amides is 1. The average molecular weight is 461 g/mol. The molecule has 0 atom stereocenters. The quantitative estimate of drug-likeness (QED) is 0.541. The normalized spacial score (nSPS) is 16.9. The molecule has 7 heteroatoms. The summed E-state index contributed by atoms with van der Waals surface area (Å²) in [4.78, 5) is 17.0. The molecule has 0 saturated carbocycles. The summed E-state index contributed by atoms with van der Waals surface area (Å²) in [5.74, 6) is -2.61. The second kappa shape index (κ2) is 8.62. The van der Waals surface area contributed by atoms with E-state index in [1.807, 2.05) is 18.2 Å². The first-order valence-corrected chi connectivity index (χ1v) is 11.2. The Labute approximate surface area is 195 Å². The van der Waals surface area contributed by atoms with Gasteiger partial charge in [-0.2, -0.15) is 5.26 Å². The predicted molar refractivity (Wildman–Crippen MR) is 122 cm³/mol. The van der Waals surface area contributed by atoms with Crippen LogP contribution in [0, 0.1) is 28.8 Å². The molecule has 1 fully saturated rings. The zero-order valence-corrected chi connectivity index (χ0v) is 18.4. The lowest BCUT2D eigenvalue weighted by molar-refractivity contribution is 0.0971. The van der Waals surface area contributed by atoms with Crippen molar-refractivity contribution in [2.24, 2.45) is 0 Å². The summed E-state index contributed by atoms with van der Waals surface area (Å²) >= 11 is 0. The highest BCUT2D eigenvalue weighted by molar-refractivity contribution is 6.08. The number of likely N-dealkylation sites (tertiary alicyclic amines) is 1. The minimum atomic E-state index is -0.916. The largest absolute Gasteiger partial charge is 0.307 e. The van der Waals surface area contributed by atoms with Gasteiger partial charge in [0.2, 0.25) is 0 Å². The van der Waals surface area contributed by atoms with Crippen LogP contribution >= 0.6 is 0 Å². The number of hydrogen-bond acceptors (Lipinski definition) is 3. The standard InChI is InChI=1S/C27H22F3N3O/c28-20-6-8-25-23(13-20)27(17-33(25)26(34)22-7-5-21(29)14-24(22)30)9-11-32(12-10-27)16-19-4-2-1-3-18(19)15-31/h1-8,13-14H,9-12,16-17H2. The lowest BCUT2D eigenvalue weighted by atomic mass is 9.74. The van der Waals surface area contributed by atoms with Crippen LogP contribution in [0.5, 0.6) is 0 Å². The second-order valence-electron chi connectivity index (χ2n) is 9.00. The lowest BCUT2D eigenvalue weighted by Crippen LogP contribution is -2.46. The summed E-state index contributed by atoms with van der Waals surface area (Å²) in [6, 6.07) is 17.0. The molecule has 0 aliphatic carbocycles. The van der Waals surface area contributed by atoms with E-state index < -0.39 is 23.0 Å². The van der Waals surface area contributed by atoms with Gasteiger partial charge in [0.25, 0.3) is 5.91 Å². The topological polar surface area (TPSA) is 47.3 Å². The van der Waals surface area contributed by atoms with Crippen LogP contribution in [0.15, 0.2) is 60.7 Å². The van der Waals surface area contributed by atoms with Crippen molar-refractivity contribution in [1.29, 1.82) is 5.26 Å². The number of benzene rings is 3. The number of anilines is 1. The van der Waals surface area contributed by atoms with E-state index in [9.17, 15) is 23.2 Å². The maximum atomic E-state index is 14.4. The number of piperidine rings is 1. The Bertz CT molecular complexity index is 1310. The molecule has 4 nitrogen and oxygen atoms in total. The molecule has 0 radical (unpaired) electrons. The molecule has 2 aliphatic rings. The van der Waals surface area contributed by atoms with Gasteiger partial charge in [-0.25, -0.2) is 13.2 Å². The number of halogens is 3. The Hall–Kier alpha value is -3.63.